The van der Waals surface area contributed by atoms with Crippen molar-refractivity contribution in [2.45, 2.75) is 12.5 Å². The van der Waals surface area contributed by atoms with E-state index in [4.69, 9.17) is 21.1 Å². The summed E-state index contributed by atoms with van der Waals surface area (Å²) in [6, 6.07) is 7.52. The molecule has 1 N–H and O–H groups in total. The molecular weight excluding hydrogens is 446 g/mol. The van der Waals surface area contributed by atoms with Crippen LogP contribution in [-0.2, 0) is 14.3 Å². The molecule has 9 heteroatoms. The molecule has 0 saturated carbocycles. The van der Waals surface area contributed by atoms with E-state index in [1.807, 2.05) is 0 Å². The molecule has 2 fully saturated rings. The van der Waals surface area contributed by atoms with Gasteiger partial charge in [-0.2, -0.15) is 0 Å². The van der Waals surface area contributed by atoms with Crippen molar-refractivity contribution in [3.8, 4) is 5.75 Å². The second kappa shape index (κ2) is 10.3. The zero-order valence-corrected chi connectivity index (χ0v) is 19.1. The monoisotopic (exact) mass is 471 g/mol. The summed E-state index contributed by atoms with van der Waals surface area (Å²) in [5, 5.41) is 11.4. The molecule has 0 unspecified atom stereocenters. The van der Waals surface area contributed by atoms with Crippen molar-refractivity contribution in [1.29, 1.82) is 0 Å². The summed E-state index contributed by atoms with van der Waals surface area (Å²) in [5.74, 6) is -1.16. The van der Waals surface area contributed by atoms with E-state index in [-0.39, 0.29) is 11.3 Å². The highest BCUT2D eigenvalue weighted by atomic mass is 35.5. The number of hydrogen-bond donors (Lipinski definition) is 1. The molecule has 3 heterocycles. The lowest BCUT2D eigenvalue weighted by Gasteiger charge is -2.29. The Bertz CT molecular complexity index is 1050. The zero-order chi connectivity index (χ0) is 23.4. The molecule has 33 heavy (non-hydrogen) atoms. The molecule has 8 nitrogen and oxygen atoms in total. The molecule has 2 saturated heterocycles. The van der Waals surface area contributed by atoms with Crippen LogP contribution < -0.4 is 4.74 Å². The predicted octanol–water partition coefficient (Wildman–Crippen LogP) is 2.89. The first-order chi connectivity index (χ1) is 16.0. The van der Waals surface area contributed by atoms with E-state index in [1.165, 1.54) is 18.1 Å². The maximum Gasteiger partial charge on any atom is 0.295 e. The van der Waals surface area contributed by atoms with Crippen LogP contribution in [0.5, 0.6) is 5.75 Å². The Labute approximate surface area is 197 Å². The van der Waals surface area contributed by atoms with Crippen molar-refractivity contribution in [3.05, 3.63) is 64.4 Å². The number of ketones is 1. The van der Waals surface area contributed by atoms with Gasteiger partial charge in [0.1, 0.15) is 11.5 Å². The smallest absolute Gasteiger partial charge is 0.295 e. The first-order valence-electron chi connectivity index (χ1n) is 10.8. The van der Waals surface area contributed by atoms with Gasteiger partial charge in [-0.3, -0.25) is 19.5 Å². The fourth-order valence-electron chi connectivity index (χ4n) is 4.26. The average molecular weight is 472 g/mol. The van der Waals surface area contributed by atoms with E-state index in [1.54, 1.807) is 36.7 Å². The molecule has 0 radical (unpaired) electrons. The topological polar surface area (TPSA) is 92.2 Å². The van der Waals surface area contributed by atoms with Crippen molar-refractivity contribution in [3.63, 3.8) is 0 Å². The van der Waals surface area contributed by atoms with Crippen LogP contribution in [0.25, 0.3) is 5.76 Å². The van der Waals surface area contributed by atoms with Gasteiger partial charge in [0, 0.05) is 44.1 Å². The van der Waals surface area contributed by atoms with Crippen molar-refractivity contribution < 1.29 is 24.2 Å². The highest BCUT2D eigenvalue weighted by Gasteiger charge is 2.45. The number of likely N-dealkylation sites (tertiary alicyclic amines) is 1. The number of nitrogens with zero attached hydrogens (tertiary/aromatic N) is 3. The molecule has 0 spiro atoms. The molecule has 0 bridgehead atoms. The summed E-state index contributed by atoms with van der Waals surface area (Å²) in [7, 11) is 1.49. The summed E-state index contributed by atoms with van der Waals surface area (Å²) in [4.78, 5) is 34.0. The van der Waals surface area contributed by atoms with Gasteiger partial charge in [-0.25, -0.2) is 0 Å². The summed E-state index contributed by atoms with van der Waals surface area (Å²) >= 11 is 6.23. The first kappa shape index (κ1) is 23.2. The van der Waals surface area contributed by atoms with Gasteiger partial charge in [0.2, 0.25) is 0 Å². The third kappa shape index (κ3) is 4.88. The molecule has 2 aliphatic heterocycles. The van der Waals surface area contributed by atoms with Gasteiger partial charge in [-0.1, -0.05) is 11.6 Å². The fourth-order valence-corrected chi connectivity index (χ4v) is 4.52. The average Bonchev–Trinajstić information content (AvgIpc) is 3.10. The molecule has 2 aliphatic rings. The molecule has 2 aromatic rings. The van der Waals surface area contributed by atoms with Gasteiger partial charge in [0.05, 0.1) is 37.0 Å². The van der Waals surface area contributed by atoms with Crippen LogP contribution >= 0.6 is 11.6 Å². The maximum atomic E-state index is 13.1. The lowest BCUT2D eigenvalue weighted by atomic mass is 9.96. The van der Waals surface area contributed by atoms with Crippen LogP contribution in [-0.4, -0.2) is 78.1 Å². The lowest BCUT2D eigenvalue weighted by molar-refractivity contribution is -0.140. The number of aromatic nitrogens is 1. The molecular formula is C24H26ClN3O5. The van der Waals surface area contributed by atoms with Gasteiger partial charge in [-0.15, -0.1) is 0 Å². The lowest BCUT2D eigenvalue weighted by Crippen LogP contribution is -2.38. The quantitative estimate of drug-likeness (QED) is 0.377. The summed E-state index contributed by atoms with van der Waals surface area (Å²) in [6.45, 7) is 4.28. The van der Waals surface area contributed by atoms with E-state index in [0.29, 0.717) is 48.1 Å². The van der Waals surface area contributed by atoms with Crippen LogP contribution in [0.2, 0.25) is 5.02 Å². The second-order valence-corrected chi connectivity index (χ2v) is 8.34. The molecule has 1 aromatic heterocycles. The number of amides is 1. The van der Waals surface area contributed by atoms with Crippen LogP contribution in [0.3, 0.4) is 0 Å². The molecule has 4 rings (SSSR count). The fraction of sp³-hybridized carbons (Fsp3) is 0.375. The number of aliphatic hydroxyl groups excluding tert-OH is 1. The van der Waals surface area contributed by atoms with Crippen molar-refractivity contribution in [2.24, 2.45) is 0 Å². The third-order valence-corrected chi connectivity index (χ3v) is 6.26. The van der Waals surface area contributed by atoms with Crippen LogP contribution in [0.1, 0.15) is 23.6 Å². The van der Waals surface area contributed by atoms with Crippen molar-refractivity contribution in [1.82, 2.24) is 14.8 Å². The van der Waals surface area contributed by atoms with E-state index >= 15 is 0 Å². The molecule has 1 atom stereocenters. The Balaban J connectivity index is 1.66. The van der Waals surface area contributed by atoms with Crippen LogP contribution in [0.4, 0.5) is 0 Å². The Morgan fingerprint density at radius 3 is 2.58 bits per heavy atom. The molecule has 0 aliphatic carbocycles. The predicted molar refractivity (Wildman–Crippen MR) is 123 cm³/mol. The van der Waals surface area contributed by atoms with E-state index in [2.05, 4.69) is 9.88 Å². The van der Waals surface area contributed by atoms with Gasteiger partial charge >= 0.3 is 0 Å². The number of halogens is 1. The van der Waals surface area contributed by atoms with Crippen LogP contribution in [0, 0.1) is 0 Å². The van der Waals surface area contributed by atoms with Crippen molar-refractivity contribution >= 4 is 29.1 Å². The minimum atomic E-state index is -0.715. The number of carbonyl (C=O) groups is 2. The Hall–Kier alpha value is -2.94. The number of pyridine rings is 1. The largest absolute Gasteiger partial charge is 0.507 e. The highest BCUT2D eigenvalue weighted by molar-refractivity contribution is 6.46. The number of hydrogen-bond acceptors (Lipinski definition) is 7. The van der Waals surface area contributed by atoms with E-state index < -0.39 is 17.7 Å². The number of Topliss-reactive ketones (excluding diaryl/α,β-unsaturated/α-hetero) is 1. The summed E-state index contributed by atoms with van der Waals surface area (Å²) in [5.41, 5.74) is 1.08. The van der Waals surface area contributed by atoms with Gasteiger partial charge in [-0.05, 0) is 42.3 Å². The minimum absolute atomic E-state index is 0.0406. The summed E-state index contributed by atoms with van der Waals surface area (Å²) in [6.07, 6.45) is 3.91. The maximum absolute atomic E-state index is 13.1. The zero-order valence-electron chi connectivity index (χ0n) is 18.4. The van der Waals surface area contributed by atoms with E-state index in [0.717, 1.165) is 19.6 Å². The normalized spacial score (nSPS) is 20.9. The number of aliphatic hydroxyl groups is 1. The van der Waals surface area contributed by atoms with Gasteiger partial charge in [0.25, 0.3) is 11.7 Å². The standard InChI is InChI=1S/C24H26ClN3O5/c1-32-19-4-3-17(15-18(19)25)22(29)20-21(16-5-7-26-8-6-16)28(24(31)23(20)30)10-2-9-27-11-13-33-14-12-27/h3-8,15,21,29H,2,9-14H2,1H3/t21-/m1/s1. The van der Waals surface area contributed by atoms with E-state index in [9.17, 15) is 14.7 Å². The third-order valence-electron chi connectivity index (χ3n) is 5.96. The number of carbonyl (C=O) groups excluding carboxylic acids is 2. The van der Waals surface area contributed by atoms with Gasteiger partial charge in [0.15, 0.2) is 0 Å². The van der Waals surface area contributed by atoms with Crippen LogP contribution in [0.15, 0.2) is 48.3 Å². The minimum Gasteiger partial charge on any atom is -0.507 e. The number of ether oxygens (including phenoxy) is 2. The Morgan fingerprint density at radius 2 is 1.91 bits per heavy atom. The number of methoxy groups -OCH3 is 1. The second-order valence-electron chi connectivity index (χ2n) is 7.93. The number of benzene rings is 1. The van der Waals surface area contributed by atoms with Crippen molar-refractivity contribution in [2.75, 3.05) is 46.5 Å². The molecule has 1 aromatic carbocycles. The highest BCUT2D eigenvalue weighted by Crippen LogP contribution is 2.40. The molecule has 1 amide bonds. The first-order valence-corrected chi connectivity index (χ1v) is 11.2. The number of morpholine rings is 1. The summed E-state index contributed by atoms with van der Waals surface area (Å²) < 4.78 is 10.6. The Kier molecular flexibility index (Phi) is 7.27. The SMILES string of the molecule is COc1ccc(C(O)=C2C(=O)C(=O)N(CCCN3CCOCC3)[C@@H]2c2ccncc2)cc1Cl. The Morgan fingerprint density at radius 1 is 1.18 bits per heavy atom. The molecule has 174 valence electrons. The van der Waals surface area contributed by atoms with Gasteiger partial charge < -0.3 is 19.5 Å². The number of rotatable bonds is 7.